The molecule has 0 saturated carbocycles. The van der Waals surface area contributed by atoms with Gasteiger partial charge in [0.1, 0.15) is 0 Å². The van der Waals surface area contributed by atoms with Gasteiger partial charge >= 0.3 is 0 Å². The molecule has 0 aromatic heterocycles. The molecule has 0 bridgehead atoms. The van der Waals surface area contributed by atoms with E-state index in [4.69, 9.17) is 0 Å². The van der Waals surface area contributed by atoms with E-state index in [9.17, 15) is 0 Å². The number of para-hydroxylation sites is 4. The van der Waals surface area contributed by atoms with E-state index in [1.165, 1.54) is 133 Å². The minimum atomic E-state index is -0.129. The van der Waals surface area contributed by atoms with E-state index in [1.54, 1.807) is 0 Å². The van der Waals surface area contributed by atoms with Crippen molar-refractivity contribution in [2.75, 3.05) is 9.80 Å². The third-order valence-electron chi connectivity index (χ3n) is 16.4. The monoisotopic (exact) mass is 930 g/mol. The van der Waals surface area contributed by atoms with Gasteiger partial charge in [0.25, 0.3) is 0 Å². The van der Waals surface area contributed by atoms with Crippen LogP contribution in [-0.4, -0.2) is 0 Å². The van der Waals surface area contributed by atoms with Crippen LogP contribution in [0.15, 0.2) is 243 Å². The molecule has 0 radical (unpaired) electrons. The second-order valence-corrected chi connectivity index (χ2v) is 20.8. The molecule has 2 heteroatoms. The first-order valence-corrected chi connectivity index (χ1v) is 25.7. The molecule has 1 aliphatic carbocycles. The Labute approximate surface area is 426 Å². The molecule has 12 aromatic rings. The fourth-order valence-corrected chi connectivity index (χ4v) is 13.0. The standard InChI is InChI=1S/C71H50N2/c1-71(2)63-26-12-11-24-56(63)57-36-33-47(42-64(57)71)55-23-9-10-25-58(55)70-60-38-35-53(72-65-27-13-5-19-48(65)40-49-20-6-14-28-66(49)72)43-61(60)69(52-32-31-45-17-3-4-18-46(45)39-52)59-37-34-54(44-62(59)70)73-67-29-15-7-21-50(67)41-51-22-8-16-30-68(51)73/h3-39,42-44H,40-41H2,1-2H3. The second kappa shape index (κ2) is 16.0. The Morgan fingerprint density at radius 3 is 1.36 bits per heavy atom. The fourth-order valence-electron chi connectivity index (χ4n) is 13.0. The van der Waals surface area contributed by atoms with Crippen LogP contribution in [0.1, 0.15) is 47.2 Å². The van der Waals surface area contributed by atoms with Gasteiger partial charge in [-0.25, -0.2) is 0 Å². The minimum absolute atomic E-state index is 0.129. The van der Waals surface area contributed by atoms with E-state index < -0.39 is 0 Å². The zero-order valence-electron chi connectivity index (χ0n) is 40.9. The number of rotatable bonds is 5. The number of anilines is 6. The average Bonchev–Trinajstić information content (AvgIpc) is 3.67. The summed E-state index contributed by atoms with van der Waals surface area (Å²) in [6, 6.07) is 91.5. The summed E-state index contributed by atoms with van der Waals surface area (Å²) in [6.45, 7) is 4.77. The van der Waals surface area contributed by atoms with E-state index in [0.717, 1.165) is 24.2 Å². The number of fused-ring (bicyclic) bond motifs is 10. The Morgan fingerprint density at radius 2 is 0.753 bits per heavy atom. The normalized spacial score (nSPS) is 13.8. The minimum Gasteiger partial charge on any atom is -0.310 e. The first-order valence-electron chi connectivity index (χ1n) is 25.7. The van der Waals surface area contributed by atoms with Crippen molar-refractivity contribution >= 4 is 66.4 Å². The van der Waals surface area contributed by atoms with Crippen molar-refractivity contribution < 1.29 is 0 Å². The Bertz CT molecular complexity index is 4180. The average molecular weight is 931 g/mol. The molecule has 0 unspecified atom stereocenters. The fraction of sp³-hybridized carbons (Fsp3) is 0.0704. The van der Waals surface area contributed by atoms with Crippen molar-refractivity contribution in [2.24, 2.45) is 0 Å². The summed E-state index contributed by atoms with van der Waals surface area (Å²) >= 11 is 0. The van der Waals surface area contributed by atoms with Crippen molar-refractivity contribution in [3.8, 4) is 44.5 Å². The smallest absolute Gasteiger partial charge is 0.0497 e. The van der Waals surface area contributed by atoms with E-state index >= 15 is 0 Å². The lowest BCUT2D eigenvalue weighted by atomic mass is 9.80. The third kappa shape index (κ3) is 6.36. The van der Waals surface area contributed by atoms with Gasteiger partial charge in [-0.05, 0) is 171 Å². The molecular formula is C71H50N2. The molecule has 15 rings (SSSR count). The van der Waals surface area contributed by atoms with Crippen molar-refractivity contribution in [1.29, 1.82) is 0 Å². The Balaban J connectivity index is 1.05. The maximum Gasteiger partial charge on any atom is 0.0497 e. The van der Waals surface area contributed by atoms with Crippen LogP contribution in [0.2, 0.25) is 0 Å². The van der Waals surface area contributed by atoms with Gasteiger partial charge in [0.2, 0.25) is 0 Å². The van der Waals surface area contributed by atoms with Crippen LogP contribution >= 0.6 is 0 Å². The molecule has 0 N–H and O–H groups in total. The van der Waals surface area contributed by atoms with Crippen molar-refractivity contribution in [3.63, 3.8) is 0 Å². The van der Waals surface area contributed by atoms with Crippen molar-refractivity contribution in [1.82, 2.24) is 0 Å². The van der Waals surface area contributed by atoms with Gasteiger partial charge in [0.15, 0.2) is 0 Å². The maximum absolute atomic E-state index is 2.50. The van der Waals surface area contributed by atoms with Crippen LogP contribution in [0.4, 0.5) is 34.1 Å². The molecule has 2 nitrogen and oxygen atoms in total. The van der Waals surface area contributed by atoms with Crippen LogP contribution in [0.25, 0.3) is 76.8 Å². The molecule has 0 spiro atoms. The topological polar surface area (TPSA) is 6.48 Å². The number of hydrogen-bond acceptors (Lipinski definition) is 2. The van der Waals surface area contributed by atoms with Gasteiger partial charge in [0.05, 0.1) is 0 Å². The molecule has 3 aliphatic rings. The molecule has 2 heterocycles. The van der Waals surface area contributed by atoms with Crippen LogP contribution < -0.4 is 9.80 Å². The molecule has 344 valence electrons. The summed E-state index contributed by atoms with van der Waals surface area (Å²) in [5, 5.41) is 7.34. The SMILES string of the molecule is CC1(C)c2ccccc2-c2ccc(-c3ccccc3-c3c4ccc(N5c6ccccc6Cc6ccccc65)cc4c(-c4ccc5ccccc5c4)c4ccc(N5c6ccccc6Cc6ccccc65)cc34)cc21. The summed E-state index contributed by atoms with van der Waals surface area (Å²) in [5.41, 5.74) is 25.2. The molecule has 0 amide bonds. The van der Waals surface area contributed by atoms with Gasteiger partial charge in [-0.15, -0.1) is 0 Å². The Kier molecular flexibility index (Phi) is 9.16. The van der Waals surface area contributed by atoms with Gasteiger partial charge in [-0.2, -0.15) is 0 Å². The Hall–Kier alpha value is -8.98. The molecule has 73 heavy (non-hydrogen) atoms. The van der Waals surface area contributed by atoms with E-state index in [2.05, 4.69) is 266 Å². The van der Waals surface area contributed by atoms with Crippen LogP contribution in [0.3, 0.4) is 0 Å². The number of nitrogens with zero attached hydrogens (tertiary/aromatic N) is 2. The predicted octanol–water partition coefficient (Wildman–Crippen LogP) is 19.2. The summed E-state index contributed by atoms with van der Waals surface area (Å²) < 4.78 is 0. The first-order chi connectivity index (χ1) is 36.0. The summed E-state index contributed by atoms with van der Waals surface area (Å²) in [7, 11) is 0. The lowest BCUT2D eigenvalue weighted by Crippen LogP contribution is -2.18. The van der Waals surface area contributed by atoms with Crippen LogP contribution in [0.5, 0.6) is 0 Å². The van der Waals surface area contributed by atoms with Gasteiger partial charge in [-0.1, -0.05) is 196 Å². The van der Waals surface area contributed by atoms with Gasteiger partial charge < -0.3 is 9.80 Å². The highest BCUT2D eigenvalue weighted by atomic mass is 15.2. The lowest BCUT2D eigenvalue weighted by Gasteiger charge is -2.34. The van der Waals surface area contributed by atoms with Crippen molar-refractivity contribution in [3.05, 3.63) is 276 Å². The third-order valence-corrected chi connectivity index (χ3v) is 16.4. The molecule has 0 fully saturated rings. The summed E-state index contributed by atoms with van der Waals surface area (Å²) in [5.74, 6) is 0. The zero-order chi connectivity index (χ0) is 48.4. The van der Waals surface area contributed by atoms with Gasteiger partial charge in [-0.3, -0.25) is 0 Å². The lowest BCUT2D eigenvalue weighted by molar-refractivity contribution is 0.660. The maximum atomic E-state index is 2.50. The van der Waals surface area contributed by atoms with Gasteiger partial charge in [0, 0.05) is 52.4 Å². The molecule has 0 atom stereocenters. The molecule has 0 saturated heterocycles. The van der Waals surface area contributed by atoms with Crippen LogP contribution in [0, 0.1) is 0 Å². The molecule has 12 aromatic carbocycles. The zero-order valence-corrected chi connectivity index (χ0v) is 40.9. The summed E-state index contributed by atoms with van der Waals surface area (Å²) in [4.78, 5) is 4.99. The van der Waals surface area contributed by atoms with E-state index in [-0.39, 0.29) is 5.41 Å². The van der Waals surface area contributed by atoms with Crippen molar-refractivity contribution in [2.45, 2.75) is 32.1 Å². The predicted molar refractivity (Wildman–Crippen MR) is 308 cm³/mol. The summed E-state index contributed by atoms with van der Waals surface area (Å²) in [6.07, 6.45) is 1.81. The largest absolute Gasteiger partial charge is 0.310 e. The molecular weight excluding hydrogens is 881 g/mol. The first kappa shape index (κ1) is 41.8. The van der Waals surface area contributed by atoms with E-state index in [1.807, 2.05) is 0 Å². The highest BCUT2D eigenvalue weighted by Crippen LogP contribution is 2.54. The van der Waals surface area contributed by atoms with Crippen LogP contribution in [-0.2, 0) is 18.3 Å². The quantitative estimate of drug-likeness (QED) is 0.159. The highest BCUT2D eigenvalue weighted by molar-refractivity contribution is 6.24. The second-order valence-electron chi connectivity index (χ2n) is 20.8. The molecule has 2 aliphatic heterocycles. The Morgan fingerprint density at radius 1 is 0.301 bits per heavy atom. The highest BCUT2D eigenvalue weighted by Gasteiger charge is 2.36. The number of hydrogen-bond donors (Lipinski definition) is 0. The van der Waals surface area contributed by atoms with E-state index in [0.29, 0.717) is 0 Å². The number of benzene rings is 12.